The van der Waals surface area contributed by atoms with E-state index in [1.807, 2.05) is 12.4 Å². The van der Waals surface area contributed by atoms with Crippen molar-refractivity contribution in [3.63, 3.8) is 0 Å². The number of hydrogen-bond donors (Lipinski definition) is 1. The molecule has 0 unspecified atom stereocenters. The van der Waals surface area contributed by atoms with Gasteiger partial charge in [0, 0.05) is 56.4 Å². The Kier molecular flexibility index (Phi) is 4.96. The topological polar surface area (TPSA) is 31.4 Å². The summed E-state index contributed by atoms with van der Waals surface area (Å²) in [4.78, 5) is 9.12. The summed E-state index contributed by atoms with van der Waals surface area (Å²) in [5.74, 6) is 0. The molecule has 18 heavy (non-hydrogen) atoms. The van der Waals surface area contributed by atoms with E-state index in [4.69, 9.17) is 0 Å². The van der Waals surface area contributed by atoms with Crippen LogP contribution < -0.4 is 10.2 Å². The highest BCUT2D eigenvalue weighted by molar-refractivity contribution is 5.52. The largest absolute Gasteiger partial charge is 0.369 e. The first kappa shape index (κ1) is 13.3. The molecule has 1 aliphatic rings. The maximum Gasteiger partial charge on any atom is 0.0443 e. The Labute approximate surface area is 110 Å². The van der Waals surface area contributed by atoms with E-state index in [1.165, 1.54) is 17.7 Å². The Morgan fingerprint density at radius 1 is 1.28 bits per heavy atom. The predicted octanol–water partition coefficient (Wildman–Crippen LogP) is 1.33. The van der Waals surface area contributed by atoms with Crippen LogP contribution in [0.3, 0.4) is 0 Å². The predicted molar refractivity (Wildman–Crippen MR) is 75.9 cm³/mol. The fraction of sp³-hybridized carbons (Fsp3) is 0.643. The van der Waals surface area contributed by atoms with Gasteiger partial charge in [-0.3, -0.25) is 4.98 Å². The quantitative estimate of drug-likeness (QED) is 0.797. The Morgan fingerprint density at radius 3 is 2.78 bits per heavy atom. The van der Waals surface area contributed by atoms with E-state index in [0.717, 1.165) is 39.3 Å². The van der Waals surface area contributed by atoms with Gasteiger partial charge in [-0.2, -0.15) is 0 Å². The number of anilines is 1. The van der Waals surface area contributed by atoms with Crippen LogP contribution in [0.1, 0.15) is 18.9 Å². The van der Waals surface area contributed by atoms with E-state index in [1.54, 1.807) is 0 Å². The maximum atomic E-state index is 4.26. The summed E-state index contributed by atoms with van der Waals surface area (Å²) >= 11 is 0. The molecule has 0 bridgehead atoms. The van der Waals surface area contributed by atoms with E-state index >= 15 is 0 Å². The third kappa shape index (κ3) is 3.43. The summed E-state index contributed by atoms with van der Waals surface area (Å²) in [5, 5.41) is 3.46. The SMILES string of the molecule is CCCNCc1cnccc1N1CCN(C)CC1. The summed E-state index contributed by atoms with van der Waals surface area (Å²) in [7, 11) is 2.19. The van der Waals surface area contributed by atoms with E-state index in [2.05, 4.69) is 40.1 Å². The van der Waals surface area contributed by atoms with E-state index in [0.29, 0.717) is 0 Å². The van der Waals surface area contributed by atoms with Crippen molar-refractivity contribution < 1.29 is 0 Å². The summed E-state index contributed by atoms with van der Waals surface area (Å²) < 4.78 is 0. The molecule has 1 fully saturated rings. The number of hydrogen-bond acceptors (Lipinski definition) is 4. The highest BCUT2D eigenvalue weighted by Crippen LogP contribution is 2.20. The van der Waals surface area contributed by atoms with Crippen LogP contribution in [-0.4, -0.2) is 49.7 Å². The molecule has 0 aromatic carbocycles. The lowest BCUT2D eigenvalue weighted by atomic mass is 10.2. The number of aromatic nitrogens is 1. The number of rotatable bonds is 5. The molecule has 0 radical (unpaired) electrons. The summed E-state index contributed by atoms with van der Waals surface area (Å²) in [6.45, 7) is 8.69. The van der Waals surface area contributed by atoms with E-state index < -0.39 is 0 Å². The lowest BCUT2D eigenvalue weighted by Crippen LogP contribution is -2.45. The zero-order valence-electron chi connectivity index (χ0n) is 11.5. The van der Waals surface area contributed by atoms with Gasteiger partial charge in [0.2, 0.25) is 0 Å². The van der Waals surface area contributed by atoms with Crippen molar-refractivity contribution >= 4 is 5.69 Å². The Balaban J connectivity index is 2.02. The van der Waals surface area contributed by atoms with Crippen LogP contribution >= 0.6 is 0 Å². The molecule has 2 rings (SSSR count). The van der Waals surface area contributed by atoms with Crippen LogP contribution in [0.25, 0.3) is 0 Å². The van der Waals surface area contributed by atoms with Crippen molar-refractivity contribution in [3.8, 4) is 0 Å². The van der Waals surface area contributed by atoms with Gasteiger partial charge in [0.25, 0.3) is 0 Å². The summed E-state index contributed by atoms with van der Waals surface area (Å²) in [5.41, 5.74) is 2.66. The fourth-order valence-electron chi connectivity index (χ4n) is 2.31. The van der Waals surface area contributed by atoms with Crippen molar-refractivity contribution in [2.24, 2.45) is 0 Å². The first-order valence-corrected chi connectivity index (χ1v) is 6.88. The van der Waals surface area contributed by atoms with Crippen molar-refractivity contribution in [1.29, 1.82) is 0 Å². The van der Waals surface area contributed by atoms with Crippen LogP contribution in [0, 0.1) is 0 Å². The molecule has 0 saturated carbocycles. The van der Waals surface area contributed by atoms with Crippen molar-refractivity contribution in [2.75, 3.05) is 44.7 Å². The Bertz CT molecular complexity index is 359. The maximum absolute atomic E-state index is 4.26. The third-order valence-corrected chi connectivity index (χ3v) is 3.46. The lowest BCUT2D eigenvalue weighted by molar-refractivity contribution is 0.312. The smallest absolute Gasteiger partial charge is 0.0443 e. The average Bonchev–Trinajstić information content (AvgIpc) is 2.41. The highest BCUT2D eigenvalue weighted by Gasteiger charge is 2.16. The fourth-order valence-corrected chi connectivity index (χ4v) is 2.31. The van der Waals surface area contributed by atoms with Gasteiger partial charge in [-0.25, -0.2) is 0 Å². The minimum atomic E-state index is 0.920. The first-order chi connectivity index (χ1) is 8.81. The van der Waals surface area contributed by atoms with Gasteiger partial charge < -0.3 is 15.1 Å². The monoisotopic (exact) mass is 248 g/mol. The van der Waals surface area contributed by atoms with Gasteiger partial charge in [-0.05, 0) is 26.1 Å². The average molecular weight is 248 g/mol. The molecule has 4 nitrogen and oxygen atoms in total. The molecule has 1 aliphatic heterocycles. The van der Waals surface area contributed by atoms with Gasteiger partial charge in [-0.1, -0.05) is 6.92 Å². The molecule has 4 heteroatoms. The molecule has 0 spiro atoms. The van der Waals surface area contributed by atoms with Crippen molar-refractivity contribution in [1.82, 2.24) is 15.2 Å². The number of pyridine rings is 1. The molecule has 1 aromatic rings. The zero-order chi connectivity index (χ0) is 12.8. The zero-order valence-corrected chi connectivity index (χ0v) is 11.5. The summed E-state index contributed by atoms with van der Waals surface area (Å²) in [6.07, 6.45) is 5.07. The molecule has 1 saturated heterocycles. The Morgan fingerprint density at radius 2 is 2.06 bits per heavy atom. The second-order valence-corrected chi connectivity index (χ2v) is 4.97. The number of nitrogens with zero attached hydrogens (tertiary/aromatic N) is 3. The van der Waals surface area contributed by atoms with Gasteiger partial charge in [0.1, 0.15) is 0 Å². The molecule has 2 heterocycles. The summed E-state index contributed by atoms with van der Waals surface area (Å²) in [6, 6.07) is 2.15. The van der Waals surface area contributed by atoms with E-state index in [-0.39, 0.29) is 0 Å². The standard InChI is InChI=1S/C14H24N4/c1-3-5-15-11-13-12-16-6-4-14(13)18-9-7-17(2)8-10-18/h4,6,12,15H,3,5,7-11H2,1-2H3. The van der Waals surface area contributed by atoms with Crippen molar-refractivity contribution in [3.05, 3.63) is 24.0 Å². The van der Waals surface area contributed by atoms with Gasteiger partial charge in [0.15, 0.2) is 0 Å². The molecule has 1 N–H and O–H groups in total. The highest BCUT2D eigenvalue weighted by atomic mass is 15.2. The lowest BCUT2D eigenvalue weighted by Gasteiger charge is -2.35. The molecular weight excluding hydrogens is 224 g/mol. The molecule has 0 aliphatic carbocycles. The molecule has 1 aromatic heterocycles. The minimum Gasteiger partial charge on any atom is -0.369 e. The number of piperazine rings is 1. The van der Waals surface area contributed by atoms with Crippen LogP contribution in [0.15, 0.2) is 18.5 Å². The van der Waals surface area contributed by atoms with Gasteiger partial charge in [-0.15, -0.1) is 0 Å². The second kappa shape index (κ2) is 6.71. The first-order valence-electron chi connectivity index (χ1n) is 6.88. The molecule has 0 amide bonds. The molecule has 100 valence electrons. The van der Waals surface area contributed by atoms with Gasteiger partial charge in [0.05, 0.1) is 0 Å². The van der Waals surface area contributed by atoms with E-state index in [9.17, 15) is 0 Å². The number of likely N-dealkylation sites (N-methyl/N-ethyl adjacent to an activating group) is 1. The van der Waals surface area contributed by atoms with Crippen LogP contribution in [0.4, 0.5) is 5.69 Å². The van der Waals surface area contributed by atoms with Crippen molar-refractivity contribution in [2.45, 2.75) is 19.9 Å². The Hall–Kier alpha value is -1.13. The number of nitrogens with one attached hydrogen (secondary N) is 1. The van der Waals surface area contributed by atoms with Crippen LogP contribution in [-0.2, 0) is 6.54 Å². The van der Waals surface area contributed by atoms with Gasteiger partial charge >= 0.3 is 0 Å². The van der Waals surface area contributed by atoms with Crippen LogP contribution in [0.2, 0.25) is 0 Å². The third-order valence-electron chi connectivity index (χ3n) is 3.46. The minimum absolute atomic E-state index is 0.920. The normalized spacial score (nSPS) is 17.1. The van der Waals surface area contributed by atoms with Crippen LogP contribution in [0.5, 0.6) is 0 Å². The molecule has 0 atom stereocenters. The molecular formula is C14H24N4. The second-order valence-electron chi connectivity index (χ2n) is 4.97.